The van der Waals surface area contributed by atoms with E-state index in [4.69, 9.17) is 4.52 Å². The Hall–Kier alpha value is -3.03. The van der Waals surface area contributed by atoms with Crippen molar-refractivity contribution in [2.24, 2.45) is 0 Å². The number of hydrogen-bond donors (Lipinski definition) is 3. The summed E-state index contributed by atoms with van der Waals surface area (Å²) in [5.74, 6) is 0.404. The number of aryl methyl sites for hydroxylation is 1. The van der Waals surface area contributed by atoms with Crippen molar-refractivity contribution in [2.45, 2.75) is 63.1 Å². The normalized spacial score (nSPS) is 23.1. The van der Waals surface area contributed by atoms with E-state index in [-0.39, 0.29) is 17.9 Å². The Balaban J connectivity index is 1.15. The molecule has 0 spiro atoms. The Bertz CT molecular complexity index is 1080. The minimum atomic E-state index is -0.546. The highest BCUT2D eigenvalue weighted by Crippen LogP contribution is 2.35. The van der Waals surface area contributed by atoms with Crippen molar-refractivity contribution in [3.8, 4) is 0 Å². The fourth-order valence-electron chi connectivity index (χ4n) is 4.94. The predicted molar refractivity (Wildman–Crippen MR) is 120 cm³/mol. The summed E-state index contributed by atoms with van der Waals surface area (Å²) in [4.78, 5) is 16.8. The number of carbonyl (C=O) groups is 1. The average Bonchev–Trinajstić information content (AvgIpc) is 3.54. The molecule has 32 heavy (non-hydrogen) atoms. The first-order chi connectivity index (χ1) is 15.6. The van der Waals surface area contributed by atoms with Gasteiger partial charge in [-0.05, 0) is 62.8 Å². The van der Waals surface area contributed by atoms with Crippen LogP contribution >= 0.6 is 0 Å². The zero-order valence-electron chi connectivity index (χ0n) is 18.1. The number of nitrogens with zero attached hydrogens (tertiary/aromatic N) is 2. The summed E-state index contributed by atoms with van der Waals surface area (Å²) in [7, 11) is 0. The van der Waals surface area contributed by atoms with Gasteiger partial charge in [0.05, 0.1) is 17.7 Å². The van der Waals surface area contributed by atoms with E-state index < -0.39 is 6.10 Å². The predicted octanol–water partition coefficient (Wildman–Crippen LogP) is 3.44. The number of anilines is 1. The van der Waals surface area contributed by atoms with Crippen molar-refractivity contribution in [3.05, 3.63) is 76.9 Å². The van der Waals surface area contributed by atoms with Gasteiger partial charge in [0.2, 0.25) is 5.91 Å². The Labute approximate surface area is 187 Å². The molecule has 0 saturated carbocycles. The van der Waals surface area contributed by atoms with Crippen LogP contribution in [-0.2, 0) is 17.6 Å². The van der Waals surface area contributed by atoms with Gasteiger partial charge in [-0.1, -0.05) is 23.4 Å². The third kappa shape index (κ3) is 4.18. The molecule has 1 amide bonds. The SMILES string of the molecule is Cc1noc2c1CCC2C(=O)Nc1ccc(C[C@@H]2CC[C@H]([C@H](O)c3cccnc3)N2)cc1. The number of aromatic nitrogens is 2. The first kappa shape index (κ1) is 20.8. The van der Waals surface area contributed by atoms with Gasteiger partial charge in [0.25, 0.3) is 0 Å². The number of pyridine rings is 1. The second kappa shape index (κ2) is 8.84. The molecule has 1 saturated heterocycles. The fourth-order valence-corrected chi connectivity index (χ4v) is 4.94. The summed E-state index contributed by atoms with van der Waals surface area (Å²) >= 11 is 0. The Morgan fingerprint density at radius 3 is 2.88 bits per heavy atom. The largest absolute Gasteiger partial charge is 0.387 e. The molecular formula is C25H28N4O3. The molecule has 0 bridgehead atoms. The molecule has 1 fully saturated rings. The van der Waals surface area contributed by atoms with Gasteiger partial charge in [0, 0.05) is 41.3 Å². The maximum absolute atomic E-state index is 12.7. The summed E-state index contributed by atoms with van der Waals surface area (Å²) in [6, 6.07) is 12.1. The van der Waals surface area contributed by atoms with E-state index in [1.165, 1.54) is 5.56 Å². The topological polar surface area (TPSA) is 100 Å². The molecule has 1 aliphatic heterocycles. The van der Waals surface area contributed by atoms with Crippen LogP contribution < -0.4 is 10.6 Å². The summed E-state index contributed by atoms with van der Waals surface area (Å²) < 4.78 is 5.39. The monoisotopic (exact) mass is 432 g/mol. The Kier molecular flexibility index (Phi) is 5.76. The molecule has 0 radical (unpaired) electrons. The number of aliphatic hydroxyl groups excluding tert-OH is 1. The van der Waals surface area contributed by atoms with Crippen LogP contribution in [0.5, 0.6) is 0 Å². The second-order valence-electron chi connectivity index (χ2n) is 8.87. The zero-order valence-corrected chi connectivity index (χ0v) is 18.1. The standard InChI is InChI=1S/C25H28N4O3/c1-15-20-9-10-21(24(20)32-29-15)25(31)28-18-6-4-16(5-7-18)13-19-8-11-22(27-19)23(30)17-3-2-12-26-14-17/h2-7,12,14,19,21-23,27,30H,8-11,13H2,1H3,(H,28,31)/t19-,21?,22+,23+/m0/s1. The van der Waals surface area contributed by atoms with E-state index >= 15 is 0 Å². The van der Waals surface area contributed by atoms with E-state index in [2.05, 4.69) is 32.9 Å². The average molecular weight is 433 g/mol. The van der Waals surface area contributed by atoms with E-state index in [0.29, 0.717) is 11.8 Å². The third-order valence-electron chi connectivity index (χ3n) is 6.72. The molecule has 4 atom stereocenters. The van der Waals surface area contributed by atoms with E-state index in [9.17, 15) is 9.90 Å². The van der Waals surface area contributed by atoms with Gasteiger partial charge >= 0.3 is 0 Å². The van der Waals surface area contributed by atoms with Crippen molar-refractivity contribution in [1.82, 2.24) is 15.5 Å². The first-order valence-electron chi connectivity index (χ1n) is 11.3. The zero-order chi connectivity index (χ0) is 22.1. The smallest absolute Gasteiger partial charge is 0.235 e. The lowest BCUT2D eigenvalue weighted by Gasteiger charge is -2.20. The minimum Gasteiger partial charge on any atom is -0.387 e. The van der Waals surface area contributed by atoms with E-state index in [1.54, 1.807) is 12.4 Å². The van der Waals surface area contributed by atoms with Gasteiger partial charge in [-0.2, -0.15) is 0 Å². The molecule has 166 valence electrons. The number of benzene rings is 1. The lowest BCUT2D eigenvalue weighted by molar-refractivity contribution is -0.117. The van der Waals surface area contributed by atoms with Crippen molar-refractivity contribution >= 4 is 11.6 Å². The molecule has 2 aromatic heterocycles. The highest BCUT2D eigenvalue weighted by atomic mass is 16.5. The number of fused-ring (bicyclic) bond motifs is 1. The van der Waals surface area contributed by atoms with Crippen LogP contribution in [0.25, 0.3) is 0 Å². The van der Waals surface area contributed by atoms with Crippen LogP contribution in [0, 0.1) is 6.92 Å². The number of hydrogen-bond acceptors (Lipinski definition) is 6. The van der Waals surface area contributed by atoms with Crippen LogP contribution in [0.3, 0.4) is 0 Å². The van der Waals surface area contributed by atoms with Crippen molar-refractivity contribution in [2.75, 3.05) is 5.32 Å². The molecule has 7 nitrogen and oxygen atoms in total. The minimum absolute atomic E-state index is 0.0405. The molecular weight excluding hydrogens is 404 g/mol. The molecule has 1 aromatic carbocycles. The van der Waals surface area contributed by atoms with Gasteiger partial charge in [-0.15, -0.1) is 0 Å². The van der Waals surface area contributed by atoms with E-state index in [0.717, 1.165) is 54.6 Å². The van der Waals surface area contributed by atoms with Crippen LogP contribution in [0.15, 0.2) is 53.3 Å². The number of carbonyl (C=O) groups excluding carboxylic acids is 1. The highest BCUT2D eigenvalue weighted by Gasteiger charge is 2.34. The van der Waals surface area contributed by atoms with Crippen LogP contribution in [0.2, 0.25) is 0 Å². The van der Waals surface area contributed by atoms with Gasteiger partial charge in [-0.3, -0.25) is 9.78 Å². The molecule has 2 aliphatic rings. The molecule has 1 aliphatic carbocycles. The van der Waals surface area contributed by atoms with Gasteiger partial charge in [-0.25, -0.2) is 0 Å². The summed E-state index contributed by atoms with van der Waals surface area (Å²) in [6.07, 6.45) is 7.33. The molecule has 3 aromatic rings. The lowest BCUT2D eigenvalue weighted by atomic mass is 10.0. The number of nitrogens with one attached hydrogen (secondary N) is 2. The molecule has 5 rings (SSSR count). The van der Waals surface area contributed by atoms with Gasteiger partial charge < -0.3 is 20.3 Å². The molecule has 3 N–H and O–H groups in total. The number of aliphatic hydroxyl groups is 1. The fraction of sp³-hybridized carbons (Fsp3) is 0.400. The van der Waals surface area contributed by atoms with Crippen molar-refractivity contribution in [3.63, 3.8) is 0 Å². The summed E-state index contributed by atoms with van der Waals surface area (Å²) in [5.41, 5.74) is 4.80. The number of amides is 1. The highest BCUT2D eigenvalue weighted by molar-refractivity contribution is 5.96. The van der Waals surface area contributed by atoms with Crippen LogP contribution in [0.1, 0.15) is 59.4 Å². The van der Waals surface area contributed by atoms with E-state index in [1.807, 2.05) is 31.2 Å². The third-order valence-corrected chi connectivity index (χ3v) is 6.72. The molecule has 1 unspecified atom stereocenters. The molecule has 7 heteroatoms. The van der Waals surface area contributed by atoms with Crippen LogP contribution in [-0.4, -0.2) is 33.2 Å². The summed E-state index contributed by atoms with van der Waals surface area (Å²) in [6.45, 7) is 1.92. The van der Waals surface area contributed by atoms with Crippen molar-refractivity contribution in [1.29, 1.82) is 0 Å². The molecule has 3 heterocycles. The Morgan fingerprint density at radius 2 is 2.09 bits per heavy atom. The first-order valence-corrected chi connectivity index (χ1v) is 11.3. The summed E-state index contributed by atoms with van der Waals surface area (Å²) in [5, 5.41) is 21.2. The quantitative estimate of drug-likeness (QED) is 0.552. The second-order valence-corrected chi connectivity index (χ2v) is 8.87. The maximum Gasteiger partial charge on any atom is 0.235 e. The van der Waals surface area contributed by atoms with Gasteiger partial charge in [0.1, 0.15) is 0 Å². The van der Waals surface area contributed by atoms with Crippen LogP contribution in [0.4, 0.5) is 5.69 Å². The lowest BCUT2D eigenvalue weighted by Crippen LogP contribution is -2.35. The Morgan fingerprint density at radius 1 is 1.25 bits per heavy atom. The number of rotatable bonds is 6. The maximum atomic E-state index is 12.7. The van der Waals surface area contributed by atoms with Gasteiger partial charge in [0.15, 0.2) is 5.76 Å². The van der Waals surface area contributed by atoms with Crippen molar-refractivity contribution < 1.29 is 14.4 Å².